The molecule has 5 rings (SSSR count). The zero-order valence-corrected chi connectivity index (χ0v) is 23.1. The van der Waals surface area contributed by atoms with Gasteiger partial charge in [-0.2, -0.15) is 0 Å². The summed E-state index contributed by atoms with van der Waals surface area (Å²) in [5.74, 6) is 0. The van der Waals surface area contributed by atoms with E-state index >= 15 is 0 Å². The van der Waals surface area contributed by atoms with Crippen LogP contribution < -0.4 is 10.7 Å². The van der Waals surface area contributed by atoms with E-state index in [1.54, 1.807) is 0 Å². The largest absolute Gasteiger partial charge is 0.515 e. The first-order valence-electron chi connectivity index (χ1n) is 13.6. The van der Waals surface area contributed by atoms with Crippen molar-refractivity contribution in [3.63, 3.8) is 0 Å². The number of aromatic nitrogens is 1. The Balaban J connectivity index is 1.88. The molecule has 4 nitrogen and oxygen atoms in total. The smallest absolute Gasteiger partial charge is 0.0872 e. The van der Waals surface area contributed by atoms with Crippen LogP contribution in [-0.2, 0) is 12.8 Å². The summed E-state index contributed by atoms with van der Waals surface area (Å²) in [6.45, 7) is 15.2. The van der Waals surface area contributed by atoms with E-state index in [9.17, 15) is 5.11 Å². The van der Waals surface area contributed by atoms with Crippen LogP contribution in [-0.4, -0.2) is 21.5 Å². The minimum atomic E-state index is 0.836. The lowest BCUT2D eigenvalue weighted by Crippen LogP contribution is -2.16. The first kappa shape index (κ1) is 25.0. The van der Waals surface area contributed by atoms with Gasteiger partial charge in [-0.3, -0.25) is 0 Å². The van der Waals surface area contributed by atoms with Gasteiger partial charge in [0.25, 0.3) is 0 Å². The van der Waals surface area contributed by atoms with Crippen molar-refractivity contribution < 1.29 is 5.11 Å². The Bertz CT molecular complexity index is 1620. The minimum Gasteiger partial charge on any atom is -0.515 e. The number of H-pyrrole nitrogens is 1. The van der Waals surface area contributed by atoms with Crippen molar-refractivity contribution in [3.05, 3.63) is 102 Å². The molecular formula is C33H37N3O. The van der Waals surface area contributed by atoms with E-state index in [2.05, 4.69) is 83.8 Å². The highest BCUT2D eigenvalue weighted by molar-refractivity contribution is 6.24. The third-order valence-corrected chi connectivity index (χ3v) is 8.21. The fourth-order valence-electron chi connectivity index (χ4n) is 6.08. The summed E-state index contributed by atoms with van der Waals surface area (Å²) in [6, 6.07) is 0. The van der Waals surface area contributed by atoms with Crippen molar-refractivity contribution in [1.29, 1.82) is 0 Å². The van der Waals surface area contributed by atoms with Gasteiger partial charge in [0.05, 0.1) is 29.1 Å². The predicted octanol–water partition coefficient (Wildman–Crippen LogP) is 6.54. The molecule has 3 aliphatic heterocycles. The van der Waals surface area contributed by atoms with Crippen molar-refractivity contribution in [3.8, 4) is 0 Å². The van der Waals surface area contributed by atoms with Crippen LogP contribution in [0.15, 0.2) is 90.5 Å². The third kappa shape index (κ3) is 3.99. The average Bonchev–Trinajstić information content (AvgIpc) is 3.56. The van der Waals surface area contributed by atoms with Crippen molar-refractivity contribution in [2.75, 3.05) is 0 Å². The Morgan fingerprint density at radius 3 is 1.65 bits per heavy atom. The zero-order valence-electron chi connectivity index (χ0n) is 23.1. The second-order valence-corrected chi connectivity index (χ2v) is 10.1. The Labute approximate surface area is 220 Å². The molecule has 4 heterocycles. The molecule has 0 fully saturated rings. The molecular weight excluding hydrogens is 454 g/mol. The summed E-state index contributed by atoms with van der Waals surface area (Å²) >= 11 is 0. The fraction of sp³-hybridized carbons (Fsp3) is 0.333. The van der Waals surface area contributed by atoms with Crippen LogP contribution in [0.2, 0.25) is 0 Å². The molecule has 8 bridgehead atoms. The lowest BCUT2D eigenvalue weighted by atomic mass is 9.99. The number of nitrogens with zero attached hydrogens (tertiary/aromatic N) is 2. The maximum absolute atomic E-state index is 10.2. The van der Waals surface area contributed by atoms with Crippen LogP contribution in [0.1, 0.15) is 72.4 Å². The molecule has 0 atom stereocenters. The highest BCUT2D eigenvalue weighted by Gasteiger charge is 2.24. The normalized spacial score (nSPS) is 20.2. The van der Waals surface area contributed by atoms with Crippen LogP contribution in [0.25, 0.3) is 12.2 Å². The number of aliphatic imine (C=N–C) groups is 2. The van der Waals surface area contributed by atoms with Crippen LogP contribution in [0.5, 0.6) is 0 Å². The summed E-state index contributed by atoms with van der Waals surface area (Å²) in [4.78, 5) is 14.0. The first-order valence-corrected chi connectivity index (χ1v) is 13.6. The molecule has 0 spiro atoms. The lowest BCUT2D eigenvalue weighted by Gasteiger charge is -2.04. The standard InChI is InChI=1S/C33H37N3O/c1-8-23-19(6)28-13-21-12-22(27(17-37)18(21)5)14-29-20(7)24(9-2)31(35-29)16-33-26(11-4)25(10-3)32(36-33)15-30(23)34-28/h12-17,36-37H,8-11H2,1-7H3/b27-17-,28-13?,29-14?,32-15?,33-16?. The molecule has 0 amide bonds. The average molecular weight is 492 g/mol. The lowest BCUT2D eigenvalue weighted by molar-refractivity contribution is 0.469. The van der Waals surface area contributed by atoms with E-state index in [0.717, 1.165) is 81.5 Å². The summed E-state index contributed by atoms with van der Waals surface area (Å²) in [5.41, 5.74) is 15.6. The Hall–Kier alpha value is -3.66. The Morgan fingerprint density at radius 1 is 0.676 bits per heavy atom. The Morgan fingerprint density at radius 2 is 1.19 bits per heavy atom. The molecule has 1 aromatic heterocycles. The SMILES string of the molecule is CCC1=C(C)C2=CC3=CC(=C(C)/C3=C/O)C=C3N=C(C=c4[nH]c(c(CC)c4CC)=CC1=N2)C(CC)=C3C. The van der Waals surface area contributed by atoms with E-state index in [-0.39, 0.29) is 0 Å². The van der Waals surface area contributed by atoms with Gasteiger partial charge in [0, 0.05) is 16.3 Å². The summed E-state index contributed by atoms with van der Waals surface area (Å²) in [5, 5.41) is 12.4. The fourth-order valence-corrected chi connectivity index (χ4v) is 6.08. The minimum absolute atomic E-state index is 0.836. The molecule has 190 valence electrons. The molecule has 0 aromatic carbocycles. The van der Waals surface area contributed by atoms with Gasteiger partial charge in [-0.05, 0) is 127 Å². The van der Waals surface area contributed by atoms with Gasteiger partial charge < -0.3 is 10.1 Å². The third-order valence-electron chi connectivity index (χ3n) is 8.21. The number of rotatable bonds is 4. The van der Waals surface area contributed by atoms with Crippen LogP contribution in [0, 0.1) is 0 Å². The quantitative estimate of drug-likeness (QED) is 0.462. The van der Waals surface area contributed by atoms with Crippen LogP contribution in [0.4, 0.5) is 0 Å². The van der Waals surface area contributed by atoms with E-state index in [1.807, 2.05) is 0 Å². The number of hydrogen-bond donors (Lipinski definition) is 2. The zero-order chi connectivity index (χ0) is 26.4. The van der Waals surface area contributed by atoms with Crippen molar-refractivity contribution >= 4 is 23.6 Å². The maximum Gasteiger partial charge on any atom is 0.0872 e. The number of aromatic amines is 1. The second-order valence-electron chi connectivity index (χ2n) is 10.1. The van der Waals surface area contributed by atoms with Gasteiger partial charge >= 0.3 is 0 Å². The van der Waals surface area contributed by atoms with Gasteiger partial charge in [0.15, 0.2) is 0 Å². The van der Waals surface area contributed by atoms with Gasteiger partial charge in [-0.1, -0.05) is 27.7 Å². The molecule has 4 aliphatic rings. The topological polar surface area (TPSA) is 60.7 Å². The van der Waals surface area contributed by atoms with E-state index in [4.69, 9.17) is 9.98 Å². The number of nitrogens with one attached hydrogen (secondary N) is 1. The van der Waals surface area contributed by atoms with Gasteiger partial charge in [-0.15, -0.1) is 0 Å². The van der Waals surface area contributed by atoms with Crippen LogP contribution in [0.3, 0.4) is 0 Å². The van der Waals surface area contributed by atoms with Crippen LogP contribution >= 0.6 is 0 Å². The molecule has 0 unspecified atom stereocenters. The molecule has 0 saturated carbocycles. The highest BCUT2D eigenvalue weighted by Crippen LogP contribution is 2.38. The number of fused-ring (bicyclic) bond motifs is 5. The second kappa shape index (κ2) is 9.66. The molecule has 1 aromatic rings. The highest BCUT2D eigenvalue weighted by atomic mass is 16.2. The predicted molar refractivity (Wildman–Crippen MR) is 156 cm³/mol. The number of aliphatic hydroxyl groups is 1. The molecule has 2 N–H and O–H groups in total. The Kier molecular flexibility index (Phi) is 6.53. The molecule has 4 heteroatoms. The van der Waals surface area contributed by atoms with Gasteiger partial charge in [0.2, 0.25) is 0 Å². The van der Waals surface area contributed by atoms with Crippen molar-refractivity contribution in [2.24, 2.45) is 9.98 Å². The summed E-state index contributed by atoms with van der Waals surface area (Å²) in [6.07, 6.45) is 15.9. The first-order chi connectivity index (χ1) is 17.8. The molecule has 0 saturated heterocycles. The molecule has 1 aliphatic carbocycles. The monoisotopic (exact) mass is 491 g/mol. The number of allylic oxidation sites excluding steroid dienone is 11. The summed E-state index contributed by atoms with van der Waals surface area (Å²) < 4.78 is 0. The van der Waals surface area contributed by atoms with Gasteiger partial charge in [0.1, 0.15) is 0 Å². The number of aliphatic hydroxyl groups excluding tert-OH is 1. The summed E-state index contributed by atoms with van der Waals surface area (Å²) in [7, 11) is 0. The number of hydrogen-bond acceptors (Lipinski definition) is 3. The molecule has 37 heavy (non-hydrogen) atoms. The molecule has 0 radical (unpaired) electrons. The van der Waals surface area contributed by atoms with Crippen molar-refractivity contribution in [1.82, 2.24) is 4.98 Å². The van der Waals surface area contributed by atoms with Gasteiger partial charge in [-0.25, -0.2) is 9.98 Å². The van der Waals surface area contributed by atoms with E-state index in [0.29, 0.717) is 0 Å². The van der Waals surface area contributed by atoms with Crippen molar-refractivity contribution in [2.45, 2.75) is 74.1 Å². The maximum atomic E-state index is 10.2. The van der Waals surface area contributed by atoms with E-state index < -0.39 is 0 Å². The van der Waals surface area contributed by atoms with E-state index in [1.165, 1.54) is 39.7 Å².